The van der Waals surface area contributed by atoms with Crippen molar-refractivity contribution >= 4 is 5.97 Å². The van der Waals surface area contributed by atoms with E-state index in [1.54, 1.807) is 0 Å². The highest BCUT2D eigenvalue weighted by atomic mass is 17.2. The number of hydrogen-bond acceptors (Lipinski definition) is 4. The van der Waals surface area contributed by atoms with E-state index in [4.69, 9.17) is 14.5 Å². The van der Waals surface area contributed by atoms with E-state index in [2.05, 4.69) is 53.7 Å². The van der Waals surface area contributed by atoms with Crippen LogP contribution >= 0.6 is 0 Å². The average Bonchev–Trinajstić information content (AvgIpc) is 3.52. The zero-order valence-corrected chi connectivity index (χ0v) is 23.1. The van der Waals surface area contributed by atoms with Gasteiger partial charge in [-0.05, 0) is 91.9 Å². The first kappa shape index (κ1) is 24.5. The first-order valence-electron chi connectivity index (χ1n) is 14.7. The molecule has 2 spiro atoms. The number of rotatable bonds is 5. The van der Waals surface area contributed by atoms with E-state index in [1.165, 1.54) is 39.0 Å². The number of esters is 1. The summed E-state index contributed by atoms with van der Waals surface area (Å²) in [6.07, 6.45) is 13.9. The molecule has 1 saturated heterocycles. The number of carbonyl (C=O) groups is 1. The largest absolute Gasteiger partial charge is 0.462 e. The highest BCUT2D eigenvalue weighted by Crippen LogP contribution is 2.73. The summed E-state index contributed by atoms with van der Waals surface area (Å²) >= 11 is 0. The van der Waals surface area contributed by atoms with E-state index in [-0.39, 0.29) is 23.1 Å². The van der Waals surface area contributed by atoms with Crippen LogP contribution in [0.3, 0.4) is 0 Å². The zero-order chi connectivity index (χ0) is 25.0. The molecule has 4 nitrogen and oxygen atoms in total. The van der Waals surface area contributed by atoms with E-state index in [9.17, 15) is 4.79 Å². The van der Waals surface area contributed by atoms with Crippen LogP contribution in [0.25, 0.3) is 0 Å². The summed E-state index contributed by atoms with van der Waals surface area (Å²) < 4.78 is 5.65. The Kier molecular flexibility index (Phi) is 5.47. The number of ether oxygens (including phenoxy) is 1. The van der Waals surface area contributed by atoms with Crippen molar-refractivity contribution in [1.29, 1.82) is 0 Å². The van der Waals surface area contributed by atoms with Crippen molar-refractivity contribution < 1.29 is 19.3 Å². The van der Waals surface area contributed by atoms with Crippen LogP contribution in [0.2, 0.25) is 0 Å². The van der Waals surface area contributed by atoms with Crippen LogP contribution < -0.4 is 0 Å². The van der Waals surface area contributed by atoms with E-state index in [1.807, 2.05) is 0 Å². The maximum absolute atomic E-state index is 11.7. The molecule has 0 amide bonds. The van der Waals surface area contributed by atoms with Gasteiger partial charge in [-0.2, -0.15) is 0 Å². The highest BCUT2D eigenvalue weighted by Gasteiger charge is 2.74. The van der Waals surface area contributed by atoms with Crippen LogP contribution in [0.1, 0.15) is 99.8 Å². The molecule has 0 aromatic carbocycles. The molecule has 7 aliphatic rings. The SMILES string of the molecule is CC(=O)OC1CCC2(C)C3CCC4(C)C(C(C)C5CC5C(C)C(C)C)CCC4C34C=CC2(C1)OO4. The van der Waals surface area contributed by atoms with Crippen LogP contribution in [0.5, 0.6) is 0 Å². The molecule has 0 aromatic rings. The number of fused-ring (bicyclic) bond motifs is 2. The van der Waals surface area contributed by atoms with Crippen molar-refractivity contribution in [3.8, 4) is 0 Å². The molecule has 12 unspecified atom stereocenters. The second-order valence-corrected chi connectivity index (χ2v) is 14.5. The lowest BCUT2D eigenvalue weighted by Crippen LogP contribution is -2.73. The van der Waals surface area contributed by atoms with E-state index >= 15 is 0 Å². The molecule has 0 aromatic heterocycles. The Balaban J connectivity index is 1.26. The van der Waals surface area contributed by atoms with Gasteiger partial charge in [0.15, 0.2) is 0 Å². The number of hydrogen-bond donors (Lipinski definition) is 0. The Morgan fingerprint density at radius 2 is 1.71 bits per heavy atom. The standard InChI is InChI=1S/C31H48O4/c1-18(2)19(3)23-16-24(23)20(4)25-8-9-26-28(25,6)12-11-27-29(7)13-10-22(33-21(5)32)17-30(29)14-15-31(26,27)35-34-30/h14-15,18-20,22-27H,8-13,16-17H2,1-7H3. The average molecular weight is 485 g/mol. The molecule has 35 heavy (non-hydrogen) atoms. The topological polar surface area (TPSA) is 44.8 Å². The van der Waals surface area contributed by atoms with Gasteiger partial charge in [-0.3, -0.25) is 4.79 Å². The van der Waals surface area contributed by atoms with Gasteiger partial charge >= 0.3 is 5.97 Å². The Morgan fingerprint density at radius 3 is 2.37 bits per heavy atom. The number of carbonyl (C=O) groups excluding carboxylic acids is 1. The molecule has 0 radical (unpaired) electrons. The van der Waals surface area contributed by atoms with Crippen LogP contribution in [-0.2, 0) is 19.3 Å². The van der Waals surface area contributed by atoms with Gasteiger partial charge in [0.2, 0.25) is 0 Å². The Morgan fingerprint density at radius 1 is 0.943 bits per heavy atom. The summed E-state index contributed by atoms with van der Waals surface area (Å²) in [7, 11) is 0. The third-order valence-electron chi connectivity index (χ3n) is 12.9. The summed E-state index contributed by atoms with van der Waals surface area (Å²) in [6.45, 7) is 16.4. The summed E-state index contributed by atoms with van der Waals surface area (Å²) in [5.41, 5.74) is -0.401. The van der Waals surface area contributed by atoms with Crippen molar-refractivity contribution in [3.63, 3.8) is 0 Å². The summed E-state index contributed by atoms with van der Waals surface area (Å²) in [6, 6.07) is 0. The fourth-order valence-electron chi connectivity index (χ4n) is 10.6. The Bertz CT molecular complexity index is 912. The summed E-state index contributed by atoms with van der Waals surface area (Å²) in [5, 5.41) is 0. The zero-order valence-electron chi connectivity index (χ0n) is 23.1. The quantitative estimate of drug-likeness (QED) is 0.237. The normalized spacial score (nSPS) is 53.5. The van der Waals surface area contributed by atoms with Gasteiger partial charge in [0, 0.05) is 30.6 Å². The van der Waals surface area contributed by atoms with Crippen molar-refractivity contribution in [1.82, 2.24) is 0 Å². The molecule has 2 heterocycles. The maximum atomic E-state index is 11.7. The van der Waals surface area contributed by atoms with Gasteiger partial charge in [-0.1, -0.05) is 47.6 Å². The van der Waals surface area contributed by atoms with Crippen LogP contribution in [0.15, 0.2) is 12.2 Å². The second kappa shape index (κ2) is 7.82. The van der Waals surface area contributed by atoms with Gasteiger partial charge in [0.05, 0.1) is 0 Å². The lowest BCUT2D eigenvalue weighted by atomic mass is 9.42. The molecule has 196 valence electrons. The molecule has 2 aliphatic heterocycles. The molecule has 4 heteroatoms. The Labute approximate surface area is 212 Å². The Hall–Kier alpha value is -0.870. The molecule has 5 fully saturated rings. The monoisotopic (exact) mass is 484 g/mol. The van der Waals surface area contributed by atoms with Crippen molar-refractivity contribution in [2.24, 2.45) is 58.2 Å². The minimum atomic E-state index is -0.467. The van der Waals surface area contributed by atoms with Gasteiger partial charge < -0.3 is 4.74 Å². The van der Waals surface area contributed by atoms with Gasteiger partial charge in [0.1, 0.15) is 17.3 Å². The molecule has 7 rings (SSSR count). The molecular formula is C31H48O4. The van der Waals surface area contributed by atoms with Gasteiger partial charge in [-0.25, -0.2) is 9.78 Å². The predicted molar refractivity (Wildman–Crippen MR) is 136 cm³/mol. The van der Waals surface area contributed by atoms with Gasteiger partial charge in [0.25, 0.3) is 0 Å². The predicted octanol–water partition coefficient (Wildman–Crippen LogP) is 7.12. The molecule has 5 aliphatic carbocycles. The minimum Gasteiger partial charge on any atom is -0.462 e. The van der Waals surface area contributed by atoms with E-state index in [0.717, 1.165) is 48.3 Å². The fraction of sp³-hybridized carbons (Fsp3) is 0.903. The van der Waals surface area contributed by atoms with E-state index in [0.29, 0.717) is 23.7 Å². The third-order valence-corrected chi connectivity index (χ3v) is 12.9. The highest BCUT2D eigenvalue weighted by molar-refractivity contribution is 5.66. The molecule has 2 bridgehead atoms. The second-order valence-electron chi connectivity index (χ2n) is 14.5. The first-order chi connectivity index (χ1) is 16.5. The van der Waals surface area contributed by atoms with Gasteiger partial charge in [-0.15, -0.1) is 0 Å². The summed E-state index contributed by atoms with van der Waals surface area (Å²) in [4.78, 5) is 24.7. The maximum Gasteiger partial charge on any atom is 0.302 e. The van der Waals surface area contributed by atoms with Crippen molar-refractivity contribution in [3.05, 3.63) is 12.2 Å². The lowest BCUT2D eigenvalue weighted by molar-refractivity contribution is -0.497. The molecule has 0 N–H and O–H groups in total. The smallest absolute Gasteiger partial charge is 0.302 e. The molecule has 4 saturated carbocycles. The van der Waals surface area contributed by atoms with Crippen molar-refractivity contribution in [2.75, 3.05) is 0 Å². The molecule has 12 atom stereocenters. The molecular weight excluding hydrogens is 436 g/mol. The fourth-order valence-corrected chi connectivity index (χ4v) is 10.6. The third kappa shape index (κ3) is 3.20. The minimum absolute atomic E-state index is 0.0377. The first-order valence-corrected chi connectivity index (χ1v) is 14.7. The van der Waals surface area contributed by atoms with E-state index < -0.39 is 5.60 Å². The van der Waals surface area contributed by atoms with Crippen LogP contribution in [0.4, 0.5) is 0 Å². The van der Waals surface area contributed by atoms with Crippen LogP contribution in [0, 0.1) is 58.2 Å². The van der Waals surface area contributed by atoms with Crippen LogP contribution in [-0.4, -0.2) is 23.3 Å². The van der Waals surface area contributed by atoms with Crippen molar-refractivity contribution in [2.45, 2.75) is 117 Å². The lowest BCUT2D eigenvalue weighted by Gasteiger charge is -2.69. The summed E-state index contributed by atoms with van der Waals surface area (Å²) in [5.74, 6) is 5.87.